The first-order valence-electron chi connectivity index (χ1n) is 7.42. The van der Waals surface area contributed by atoms with Crippen LogP contribution in [0.5, 0.6) is 0 Å². The van der Waals surface area contributed by atoms with Gasteiger partial charge in [0.25, 0.3) is 0 Å². The molecule has 0 radical (unpaired) electrons. The number of likely N-dealkylation sites (tertiary alicyclic amines) is 1. The van der Waals surface area contributed by atoms with Gasteiger partial charge in [0, 0.05) is 12.1 Å². The average Bonchev–Trinajstić information content (AvgIpc) is 3.00. The van der Waals surface area contributed by atoms with Gasteiger partial charge in [0.1, 0.15) is 23.3 Å². The Bertz CT molecular complexity index is 777. The van der Waals surface area contributed by atoms with Crippen molar-refractivity contribution in [1.29, 1.82) is 5.26 Å². The van der Waals surface area contributed by atoms with Gasteiger partial charge in [-0.1, -0.05) is 0 Å². The maximum absolute atomic E-state index is 13.7. The Morgan fingerprint density at radius 2 is 1.96 bits per heavy atom. The Kier molecular flexibility index (Phi) is 4.08. The molecule has 2 aromatic rings. The van der Waals surface area contributed by atoms with E-state index in [9.17, 15) is 9.65 Å². The maximum Gasteiger partial charge on any atom is 0.222 e. The number of rotatable bonds is 3. The van der Waals surface area contributed by atoms with Crippen molar-refractivity contribution in [2.45, 2.75) is 19.4 Å². The third-order valence-electron chi connectivity index (χ3n) is 3.98. The lowest BCUT2D eigenvalue weighted by Crippen LogP contribution is -2.19. The molecule has 0 aliphatic carbocycles. The lowest BCUT2D eigenvalue weighted by atomic mass is 10.00. The monoisotopic (exact) mass is 312 g/mol. The Balaban J connectivity index is 2.11. The summed E-state index contributed by atoms with van der Waals surface area (Å²) in [5.41, 5.74) is 13.4. The van der Waals surface area contributed by atoms with Crippen molar-refractivity contribution < 1.29 is 4.39 Å². The molecular formula is C16H17FN6. The molecule has 0 amide bonds. The molecule has 0 bridgehead atoms. The van der Waals surface area contributed by atoms with Crippen LogP contribution in [-0.4, -0.2) is 28.0 Å². The van der Waals surface area contributed by atoms with E-state index in [1.807, 2.05) is 6.07 Å². The summed E-state index contributed by atoms with van der Waals surface area (Å²) in [7, 11) is 0. The van der Waals surface area contributed by atoms with Crippen LogP contribution in [0.1, 0.15) is 24.0 Å². The van der Waals surface area contributed by atoms with Gasteiger partial charge in [-0.25, -0.2) is 9.37 Å². The van der Waals surface area contributed by atoms with Gasteiger partial charge in [-0.2, -0.15) is 10.2 Å². The second kappa shape index (κ2) is 6.18. The van der Waals surface area contributed by atoms with Crippen LogP contribution in [0.3, 0.4) is 0 Å². The fourth-order valence-corrected chi connectivity index (χ4v) is 2.91. The van der Waals surface area contributed by atoms with Crippen LogP contribution in [0, 0.1) is 17.1 Å². The highest BCUT2D eigenvalue weighted by molar-refractivity contribution is 5.75. The third-order valence-corrected chi connectivity index (χ3v) is 3.98. The molecule has 0 unspecified atom stereocenters. The quantitative estimate of drug-likeness (QED) is 0.897. The van der Waals surface area contributed by atoms with E-state index in [0.29, 0.717) is 17.8 Å². The number of nitriles is 1. The normalized spacial score (nSPS) is 14.8. The summed E-state index contributed by atoms with van der Waals surface area (Å²) >= 11 is 0. The van der Waals surface area contributed by atoms with Crippen LogP contribution in [0.2, 0.25) is 0 Å². The van der Waals surface area contributed by atoms with Crippen LogP contribution in [0.25, 0.3) is 11.3 Å². The van der Waals surface area contributed by atoms with E-state index < -0.39 is 0 Å². The van der Waals surface area contributed by atoms with Crippen LogP contribution in [0.4, 0.5) is 16.2 Å². The fourth-order valence-electron chi connectivity index (χ4n) is 2.91. The van der Waals surface area contributed by atoms with Crippen molar-refractivity contribution in [3.05, 3.63) is 35.1 Å². The standard InChI is InChI=1S/C16H17FN6/c17-11-3-4-12(10(7-11)9-23-5-1-2-6-23)14-13(8-18)15(19)22-16(20)21-14/h3-4,7H,1-2,5-6,9H2,(H4,19,20,21,22). The molecule has 6 nitrogen and oxygen atoms in total. The second-order valence-corrected chi connectivity index (χ2v) is 5.59. The number of halogens is 1. The van der Waals surface area contributed by atoms with Crippen molar-refractivity contribution >= 4 is 11.8 Å². The predicted molar refractivity (Wildman–Crippen MR) is 85.5 cm³/mol. The number of nitrogens with zero attached hydrogens (tertiary/aromatic N) is 4. The molecule has 0 spiro atoms. The fraction of sp³-hybridized carbons (Fsp3) is 0.312. The van der Waals surface area contributed by atoms with E-state index in [2.05, 4.69) is 14.9 Å². The molecule has 2 heterocycles. The zero-order valence-electron chi connectivity index (χ0n) is 12.6. The molecule has 3 rings (SSSR count). The number of anilines is 2. The van der Waals surface area contributed by atoms with Crippen LogP contribution >= 0.6 is 0 Å². The maximum atomic E-state index is 13.7. The van der Waals surface area contributed by atoms with Gasteiger partial charge >= 0.3 is 0 Å². The van der Waals surface area contributed by atoms with Gasteiger partial charge in [-0.05, 0) is 49.7 Å². The van der Waals surface area contributed by atoms with Gasteiger partial charge in [-0.3, -0.25) is 4.90 Å². The summed E-state index contributed by atoms with van der Waals surface area (Å²) in [4.78, 5) is 10.2. The Morgan fingerprint density at radius 3 is 2.65 bits per heavy atom. The highest BCUT2D eigenvalue weighted by Crippen LogP contribution is 2.30. The summed E-state index contributed by atoms with van der Waals surface area (Å²) in [6.07, 6.45) is 2.28. The predicted octanol–water partition coefficient (Wildman–Crippen LogP) is 1.91. The highest BCUT2D eigenvalue weighted by atomic mass is 19.1. The second-order valence-electron chi connectivity index (χ2n) is 5.59. The molecule has 1 aliphatic heterocycles. The van der Waals surface area contributed by atoms with Crippen LogP contribution < -0.4 is 11.5 Å². The number of benzene rings is 1. The lowest BCUT2D eigenvalue weighted by molar-refractivity contribution is 0.331. The Labute approximate surface area is 133 Å². The average molecular weight is 312 g/mol. The van der Waals surface area contributed by atoms with E-state index in [-0.39, 0.29) is 23.1 Å². The summed E-state index contributed by atoms with van der Waals surface area (Å²) in [5, 5.41) is 9.35. The molecule has 1 aliphatic rings. The highest BCUT2D eigenvalue weighted by Gasteiger charge is 2.19. The van der Waals surface area contributed by atoms with Gasteiger partial charge in [0.05, 0.1) is 5.69 Å². The van der Waals surface area contributed by atoms with Crippen LogP contribution in [-0.2, 0) is 6.54 Å². The van der Waals surface area contributed by atoms with Crippen molar-refractivity contribution in [2.24, 2.45) is 0 Å². The molecule has 1 fully saturated rings. The van der Waals surface area contributed by atoms with Gasteiger partial charge in [0.15, 0.2) is 0 Å². The van der Waals surface area contributed by atoms with E-state index in [4.69, 9.17) is 11.5 Å². The first kappa shape index (κ1) is 15.2. The minimum Gasteiger partial charge on any atom is -0.382 e. The molecular weight excluding hydrogens is 295 g/mol. The summed E-state index contributed by atoms with van der Waals surface area (Å²) in [5.74, 6) is -0.296. The molecule has 4 N–H and O–H groups in total. The number of hydrogen-bond acceptors (Lipinski definition) is 6. The number of hydrogen-bond donors (Lipinski definition) is 2. The van der Waals surface area contributed by atoms with E-state index in [1.54, 1.807) is 6.07 Å². The Hall–Kier alpha value is -2.72. The number of nitrogens with two attached hydrogens (primary N) is 2. The van der Waals surface area contributed by atoms with Crippen molar-refractivity contribution in [3.63, 3.8) is 0 Å². The molecule has 1 aromatic carbocycles. The minimum absolute atomic E-state index is 0.00653. The zero-order chi connectivity index (χ0) is 16.4. The number of aromatic nitrogens is 2. The molecule has 23 heavy (non-hydrogen) atoms. The molecule has 118 valence electrons. The largest absolute Gasteiger partial charge is 0.382 e. The Morgan fingerprint density at radius 1 is 1.22 bits per heavy atom. The van der Waals surface area contributed by atoms with Gasteiger partial charge in [-0.15, -0.1) is 0 Å². The SMILES string of the molecule is N#Cc1c(N)nc(N)nc1-c1ccc(F)cc1CN1CCCC1. The first-order chi connectivity index (χ1) is 11.1. The van der Waals surface area contributed by atoms with Crippen molar-refractivity contribution in [1.82, 2.24) is 14.9 Å². The molecule has 1 saturated heterocycles. The minimum atomic E-state index is -0.323. The smallest absolute Gasteiger partial charge is 0.222 e. The summed E-state index contributed by atoms with van der Waals surface area (Å²) < 4.78 is 13.7. The summed E-state index contributed by atoms with van der Waals surface area (Å²) in [6, 6.07) is 6.45. The van der Waals surface area contributed by atoms with E-state index in [0.717, 1.165) is 31.5 Å². The molecule has 7 heteroatoms. The third kappa shape index (κ3) is 3.07. The number of nitrogen functional groups attached to an aromatic ring is 2. The van der Waals surface area contributed by atoms with Crippen molar-refractivity contribution in [3.8, 4) is 17.3 Å². The lowest BCUT2D eigenvalue weighted by Gasteiger charge is -2.18. The molecule has 0 saturated carbocycles. The first-order valence-corrected chi connectivity index (χ1v) is 7.42. The summed E-state index contributed by atoms with van der Waals surface area (Å²) in [6.45, 7) is 2.56. The van der Waals surface area contributed by atoms with Gasteiger partial charge < -0.3 is 11.5 Å². The van der Waals surface area contributed by atoms with E-state index in [1.165, 1.54) is 12.1 Å². The van der Waals surface area contributed by atoms with Crippen molar-refractivity contribution in [2.75, 3.05) is 24.6 Å². The van der Waals surface area contributed by atoms with Crippen LogP contribution in [0.15, 0.2) is 18.2 Å². The van der Waals surface area contributed by atoms with E-state index >= 15 is 0 Å². The molecule has 0 atom stereocenters. The zero-order valence-corrected chi connectivity index (χ0v) is 12.6. The molecule has 1 aromatic heterocycles. The van der Waals surface area contributed by atoms with Gasteiger partial charge in [0.2, 0.25) is 5.95 Å². The topological polar surface area (TPSA) is 105 Å².